The normalized spacial score (nSPS) is 10.2. The first-order valence-corrected chi connectivity index (χ1v) is 7.62. The zero-order valence-electron chi connectivity index (χ0n) is 11.0. The molecule has 2 aromatic carbocycles. The minimum absolute atomic E-state index is 0.279. The van der Waals surface area contributed by atoms with Gasteiger partial charge in [-0.15, -0.1) is 0 Å². The fourth-order valence-electron chi connectivity index (χ4n) is 1.71. The van der Waals surface area contributed by atoms with Gasteiger partial charge in [0.05, 0.1) is 10.0 Å². The van der Waals surface area contributed by atoms with Gasteiger partial charge >= 0.3 is 0 Å². The number of para-hydroxylation sites is 1. The van der Waals surface area contributed by atoms with Gasteiger partial charge in [0.2, 0.25) is 0 Å². The van der Waals surface area contributed by atoms with Gasteiger partial charge in [0.15, 0.2) is 0 Å². The summed E-state index contributed by atoms with van der Waals surface area (Å²) in [6, 6.07) is 12.0. The number of benzene rings is 2. The third kappa shape index (κ3) is 4.06. The van der Waals surface area contributed by atoms with Gasteiger partial charge in [0.1, 0.15) is 17.1 Å². The van der Waals surface area contributed by atoms with Crippen LogP contribution < -0.4 is 10.1 Å². The monoisotopic (exact) mass is 341 g/mol. The number of ether oxygens (including phenoxy) is 1. The Morgan fingerprint density at radius 2 is 1.71 bits per heavy atom. The molecule has 2 rings (SSSR count). The van der Waals surface area contributed by atoms with Crippen LogP contribution in [0.5, 0.6) is 11.5 Å². The molecule has 0 spiro atoms. The minimum Gasteiger partial charge on any atom is -0.455 e. The molecule has 0 saturated heterocycles. The molecule has 6 heteroatoms. The molecule has 21 heavy (non-hydrogen) atoms. The molecule has 0 unspecified atom stereocenters. The second-order valence-electron chi connectivity index (χ2n) is 4.12. The van der Waals surface area contributed by atoms with Gasteiger partial charge in [-0.2, -0.15) is 12.6 Å². The quantitative estimate of drug-likeness (QED) is 0.788. The molecular formula is C15H13Cl2NO2S. The van der Waals surface area contributed by atoms with Gasteiger partial charge in [-0.3, -0.25) is 4.79 Å². The molecule has 0 aliphatic rings. The third-order valence-corrected chi connectivity index (χ3v) is 3.51. The fraction of sp³-hybridized carbons (Fsp3) is 0.133. The summed E-state index contributed by atoms with van der Waals surface area (Å²) in [6.45, 7) is 0.443. The van der Waals surface area contributed by atoms with Gasteiger partial charge in [0, 0.05) is 12.3 Å². The van der Waals surface area contributed by atoms with Crippen molar-refractivity contribution >= 4 is 41.7 Å². The molecule has 3 nitrogen and oxygen atoms in total. The summed E-state index contributed by atoms with van der Waals surface area (Å²) in [4.78, 5) is 12.2. The maximum atomic E-state index is 12.2. The topological polar surface area (TPSA) is 38.3 Å². The summed E-state index contributed by atoms with van der Waals surface area (Å²) in [5.41, 5.74) is 0.279. The van der Waals surface area contributed by atoms with E-state index in [0.29, 0.717) is 33.8 Å². The first-order chi connectivity index (χ1) is 10.1. The molecule has 1 N–H and O–H groups in total. The molecule has 0 radical (unpaired) electrons. The highest BCUT2D eigenvalue weighted by molar-refractivity contribution is 7.80. The van der Waals surface area contributed by atoms with E-state index in [1.807, 2.05) is 0 Å². The van der Waals surface area contributed by atoms with E-state index in [1.54, 1.807) is 42.5 Å². The second-order valence-corrected chi connectivity index (χ2v) is 5.39. The summed E-state index contributed by atoms with van der Waals surface area (Å²) in [5.74, 6) is 1.05. The summed E-state index contributed by atoms with van der Waals surface area (Å²) >= 11 is 16.2. The van der Waals surface area contributed by atoms with Crippen molar-refractivity contribution in [2.24, 2.45) is 0 Å². The lowest BCUT2D eigenvalue weighted by Crippen LogP contribution is -2.26. The van der Waals surface area contributed by atoms with Crippen LogP contribution in [0.2, 0.25) is 10.0 Å². The third-order valence-electron chi connectivity index (χ3n) is 2.66. The lowest BCUT2D eigenvalue weighted by molar-refractivity contribution is 0.0954. The Labute approximate surface area is 138 Å². The molecule has 2 aromatic rings. The van der Waals surface area contributed by atoms with Crippen LogP contribution in [0.15, 0.2) is 42.5 Å². The van der Waals surface area contributed by atoms with E-state index < -0.39 is 0 Å². The van der Waals surface area contributed by atoms with Crippen LogP contribution >= 0.6 is 35.8 Å². The number of thiol groups is 1. The van der Waals surface area contributed by atoms with Crippen molar-refractivity contribution in [2.45, 2.75) is 0 Å². The highest BCUT2D eigenvalue weighted by Crippen LogP contribution is 2.33. The van der Waals surface area contributed by atoms with Crippen LogP contribution in [0.1, 0.15) is 10.4 Å². The van der Waals surface area contributed by atoms with E-state index in [-0.39, 0.29) is 11.5 Å². The number of rotatable bonds is 5. The molecule has 0 aliphatic heterocycles. The molecule has 0 bridgehead atoms. The van der Waals surface area contributed by atoms with Crippen molar-refractivity contribution in [1.29, 1.82) is 0 Å². The molecule has 0 fully saturated rings. The zero-order valence-corrected chi connectivity index (χ0v) is 13.4. The van der Waals surface area contributed by atoms with E-state index in [4.69, 9.17) is 27.9 Å². The molecule has 0 saturated carbocycles. The van der Waals surface area contributed by atoms with Crippen molar-refractivity contribution in [3.8, 4) is 11.5 Å². The fourth-order valence-corrected chi connectivity index (χ4v) is 2.25. The van der Waals surface area contributed by atoms with E-state index in [0.717, 1.165) is 0 Å². The first kappa shape index (κ1) is 16.0. The smallest absolute Gasteiger partial charge is 0.256 e. The Kier molecular flexibility index (Phi) is 5.79. The van der Waals surface area contributed by atoms with E-state index in [9.17, 15) is 4.79 Å². The van der Waals surface area contributed by atoms with Gasteiger partial charge in [-0.25, -0.2) is 0 Å². The predicted molar refractivity (Wildman–Crippen MR) is 89.2 cm³/mol. The average molecular weight is 342 g/mol. The standard InChI is InChI=1S/C15H13Cl2NO2S/c16-10-4-1-2-6-12(10)20-13-7-3-5-11(17)14(13)15(19)18-8-9-21/h1-7,21H,8-9H2,(H,18,19). The number of nitrogens with one attached hydrogen (secondary N) is 1. The van der Waals surface area contributed by atoms with Crippen LogP contribution in [0.25, 0.3) is 0 Å². The Balaban J connectivity index is 2.34. The van der Waals surface area contributed by atoms with Crippen LogP contribution in [-0.2, 0) is 0 Å². The minimum atomic E-state index is -0.309. The highest BCUT2D eigenvalue weighted by Gasteiger charge is 2.17. The van der Waals surface area contributed by atoms with Crippen LogP contribution in [0.3, 0.4) is 0 Å². The van der Waals surface area contributed by atoms with Gasteiger partial charge in [-0.1, -0.05) is 41.4 Å². The number of halogens is 2. The molecule has 0 aromatic heterocycles. The SMILES string of the molecule is O=C(NCCS)c1c(Cl)cccc1Oc1ccccc1Cl. The van der Waals surface area contributed by atoms with Crippen molar-refractivity contribution < 1.29 is 9.53 Å². The first-order valence-electron chi connectivity index (χ1n) is 6.23. The number of hydrogen-bond donors (Lipinski definition) is 2. The van der Waals surface area contributed by atoms with E-state index >= 15 is 0 Å². The molecule has 110 valence electrons. The van der Waals surface area contributed by atoms with Crippen molar-refractivity contribution in [2.75, 3.05) is 12.3 Å². The zero-order chi connectivity index (χ0) is 15.2. The maximum Gasteiger partial charge on any atom is 0.256 e. The Hall–Kier alpha value is -1.36. The lowest BCUT2D eigenvalue weighted by Gasteiger charge is -2.13. The second kappa shape index (κ2) is 7.59. The van der Waals surface area contributed by atoms with E-state index in [1.165, 1.54) is 0 Å². The molecular weight excluding hydrogens is 329 g/mol. The van der Waals surface area contributed by atoms with Crippen LogP contribution in [0.4, 0.5) is 0 Å². The number of carbonyl (C=O) groups excluding carboxylic acids is 1. The largest absolute Gasteiger partial charge is 0.455 e. The number of amides is 1. The Morgan fingerprint density at radius 1 is 1.05 bits per heavy atom. The van der Waals surface area contributed by atoms with Crippen molar-refractivity contribution in [1.82, 2.24) is 5.32 Å². The summed E-state index contributed by atoms with van der Waals surface area (Å²) in [7, 11) is 0. The van der Waals surface area contributed by atoms with E-state index in [2.05, 4.69) is 17.9 Å². The van der Waals surface area contributed by atoms with Crippen molar-refractivity contribution in [3.05, 3.63) is 58.1 Å². The Bertz CT molecular complexity index is 649. The predicted octanol–water partition coefficient (Wildman–Crippen LogP) is 4.45. The number of hydrogen-bond acceptors (Lipinski definition) is 3. The summed E-state index contributed by atoms with van der Waals surface area (Å²) in [5, 5.41) is 3.49. The highest BCUT2D eigenvalue weighted by atomic mass is 35.5. The van der Waals surface area contributed by atoms with Crippen LogP contribution in [-0.4, -0.2) is 18.2 Å². The van der Waals surface area contributed by atoms with Crippen molar-refractivity contribution in [3.63, 3.8) is 0 Å². The summed E-state index contributed by atoms with van der Waals surface area (Å²) in [6.07, 6.45) is 0. The molecule has 0 aliphatic carbocycles. The molecule has 0 heterocycles. The summed E-state index contributed by atoms with van der Waals surface area (Å²) < 4.78 is 5.73. The van der Waals surface area contributed by atoms with Gasteiger partial charge < -0.3 is 10.1 Å². The molecule has 1 amide bonds. The number of carbonyl (C=O) groups is 1. The van der Waals surface area contributed by atoms with Gasteiger partial charge in [0.25, 0.3) is 5.91 Å². The molecule has 0 atom stereocenters. The Morgan fingerprint density at radius 3 is 2.43 bits per heavy atom. The van der Waals surface area contributed by atoms with Gasteiger partial charge in [-0.05, 0) is 24.3 Å². The van der Waals surface area contributed by atoms with Crippen LogP contribution in [0, 0.1) is 0 Å². The lowest BCUT2D eigenvalue weighted by atomic mass is 10.2. The maximum absolute atomic E-state index is 12.2. The average Bonchev–Trinajstić information content (AvgIpc) is 2.47.